The Morgan fingerprint density at radius 2 is 1.94 bits per heavy atom. The predicted molar refractivity (Wildman–Crippen MR) is 62.4 cm³/mol. The number of phenols is 1. The van der Waals surface area contributed by atoms with Crippen LogP contribution >= 0.6 is 0 Å². The van der Waals surface area contributed by atoms with E-state index in [9.17, 15) is 4.79 Å². The number of phenolic OH excluding ortho intramolecular Hbond substituents is 1. The van der Waals surface area contributed by atoms with E-state index in [0.717, 1.165) is 11.1 Å². The molecule has 0 aliphatic rings. The molecule has 0 heterocycles. The first-order valence-electron chi connectivity index (χ1n) is 5.14. The van der Waals surface area contributed by atoms with Crippen LogP contribution in [-0.4, -0.2) is 16.2 Å². The van der Waals surface area contributed by atoms with Crippen molar-refractivity contribution in [2.45, 2.75) is 19.8 Å². The average molecular weight is 220 g/mol. The largest absolute Gasteiger partial charge is 0.508 e. The molecule has 0 saturated carbocycles. The highest BCUT2D eigenvalue weighted by atomic mass is 16.4. The minimum Gasteiger partial charge on any atom is -0.508 e. The van der Waals surface area contributed by atoms with Crippen molar-refractivity contribution in [1.82, 2.24) is 0 Å². The van der Waals surface area contributed by atoms with Crippen LogP contribution in [0.3, 0.4) is 0 Å². The lowest BCUT2D eigenvalue weighted by Crippen LogP contribution is -2.11. The van der Waals surface area contributed by atoms with Crippen LogP contribution in [-0.2, 0) is 11.2 Å². The topological polar surface area (TPSA) is 57.5 Å². The highest BCUT2D eigenvalue weighted by molar-refractivity contribution is 5.67. The van der Waals surface area contributed by atoms with Crippen molar-refractivity contribution < 1.29 is 15.0 Å². The SMILES string of the molecule is C=C(C)C(CC(=O)O)Cc1ccc(O)cc1. The number of carboxylic acids is 1. The summed E-state index contributed by atoms with van der Waals surface area (Å²) in [5.41, 5.74) is 1.88. The minimum absolute atomic E-state index is 0.0537. The Morgan fingerprint density at radius 3 is 2.38 bits per heavy atom. The molecule has 2 N–H and O–H groups in total. The van der Waals surface area contributed by atoms with Gasteiger partial charge in [0, 0.05) is 0 Å². The molecule has 0 bridgehead atoms. The standard InChI is InChI=1S/C13H16O3/c1-9(2)11(8-13(15)16)7-10-3-5-12(14)6-4-10/h3-6,11,14H,1,7-8H2,2H3,(H,15,16). The number of hydrogen-bond acceptors (Lipinski definition) is 2. The van der Waals surface area contributed by atoms with Crippen LogP contribution in [0, 0.1) is 5.92 Å². The molecule has 0 amide bonds. The van der Waals surface area contributed by atoms with Gasteiger partial charge in [-0.05, 0) is 37.0 Å². The molecule has 0 saturated heterocycles. The first-order chi connectivity index (χ1) is 7.49. The zero-order valence-corrected chi connectivity index (χ0v) is 9.31. The van der Waals surface area contributed by atoms with Crippen molar-refractivity contribution >= 4 is 5.97 Å². The third kappa shape index (κ3) is 3.77. The third-order valence-electron chi connectivity index (χ3n) is 2.54. The van der Waals surface area contributed by atoms with Crippen LogP contribution in [0.2, 0.25) is 0 Å². The molecular weight excluding hydrogens is 204 g/mol. The number of benzene rings is 1. The van der Waals surface area contributed by atoms with Gasteiger partial charge < -0.3 is 10.2 Å². The third-order valence-corrected chi connectivity index (χ3v) is 2.54. The van der Waals surface area contributed by atoms with E-state index in [1.807, 2.05) is 6.92 Å². The lowest BCUT2D eigenvalue weighted by molar-refractivity contribution is -0.137. The zero-order valence-electron chi connectivity index (χ0n) is 9.31. The molecule has 1 atom stereocenters. The highest BCUT2D eigenvalue weighted by Crippen LogP contribution is 2.20. The second kappa shape index (κ2) is 5.35. The van der Waals surface area contributed by atoms with Crippen molar-refractivity contribution in [1.29, 1.82) is 0 Å². The molecular formula is C13H16O3. The molecule has 1 aromatic carbocycles. The smallest absolute Gasteiger partial charge is 0.303 e. The van der Waals surface area contributed by atoms with E-state index >= 15 is 0 Å². The quantitative estimate of drug-likeness (QED) is 0.750. The summed E-state index contributed by atoms with van der Waals surface area (Å²) >= 11 is 0. The molecule has 86 valence electrons. The van der Waals surface area contributed by atoms with Gasteiger partial charge in [-0.15, -0.1) is 0 Å². The van der Waals surface area contributed by atoms with Crippen LogP contribution in [0.15, 0.2) is 36.4 Å². The number of carboxylic acid groups (broad SMARTS) is 1. The van der Waals surface area contributed by atoms with E-state index in [4.69, 9.17) is 10.2 Å². The maximum absolute atomic E-state index is 10.7. The molecule has 1 unspecified atom stereocenters. The lowest BCUT2D eigenvalue weighted by atomic mass is 9.91. The summed E-state index contributed by atoms with van der Waals surface area (Å²) < 4.78 is 0. The minimum atomic E-state index is -0.813. The first-order valence-corrected chi connectivity index (χ1v) is 5.14. The fourth-order valence-electron chi connectivity index (χ4n) is 1.55. The Bertz CT molecular complexity index is 379. The molecule has 0 aliphatic heterocycles. The number of hydrogen-bond donors (Lipinski definition) is 2. The number of aromatic hydroxyl groups is 1. The Balaban J connectivity index is 2.71. The summed E-state index contributed by atoms with van der Waals surface area (Å²) in [6, 6.07) is 6.80. The first kappa shape index (κ1) is 12.3. The number of allylic oxidation sites excluding steroid dienone is 1. The monoisotopic (exact) mass is 220 g/mol. The van der Waals surface area contributed by atoms with Crippen molar-refractivity contribution in [2.75, 3.05) is 0 Å². The summed E-state index contributed by atoms with van der Waals surface area (Å²) in [4.78, 5) is 10.7. The van der Waals surface area contributed by atoms with Crippen molar-refractivity contribution in [2.24, 2.45) is 5.92 Å². The fourth-order valence-corrected chi connectivity index (χ4v) is 1.55. The Labute approximate surface area is 95.0 Å². The van der Waals surface area contributed by atoms with Crippen LogP contribution in [0.25, 0.3) is 0 Å². The summed E-state index contributed by atoms with van der Waals surface area (Å²) in [6.45, 7) is 5.65. The van der Waals surface area contributed by atoms with Crippen molar-refractivity contribution in [3.63, 3.8) is 0 Å². The molecule has 1 rings (SSSR count). The summed E-state index contributed by atoms with van der Waals surface area (Å²) in [6.07, 6.45) is 0.734. The summed E-state index contributed by atoms with van der Waals surface area (Å²) in [7, 11) is 0. The highest BCUT2D eigenvalue weighted by Gasteiger charge is 2.14. The molecule has 0 aliphatic carbocycles. The van der Waals surface area contributed by atoms with Gasteiger partial charge >= 0.3 is 5.97 Å². The van der Waals surface area contributed by atoms with Gasteiger partial charge in [0.25, 0.3) is 0 Å². The molecule has 3 nitrogen and oxygen atoms in total. The second-order valence-corrected chi connectivity index (χ2v) is 4.01. The van der Waals surface area contributed by atoms with Crippen LogP contribution in [0.5, 0.6) is 5.75 Å². The maximum atomic E-state index is 10.7. The number of rotatable bonds is 5. The Morgan fingerprint density at radius 1 is 1.38 bits per heavy atom. The molecule has 0 spiro atoms. The van der Waals surface area contributed by atoms with Crippen molar-refractivity contribution in [3.8, 4) is 5.75 Å². The molecule has 16 heavy (non-hydrogen) atoms. The fraction of sp³-hybridized carbons (Fsp3) is 0.308. The molecule has 3 heteroatoms. The van der Waals surface area contributed by atoms with Crippen molar-refractivity contribution in [3.05, 3.63) is 42.0 Å². The van der Waals surface area contributed by atoms with E-state index in [1.165, 1.54) is 0 Å². The Hall–Kier alpha value is -1.77. The molecule has 0 aromatic heterocycles. The second-order valence-electron chi connectivity index (χ2n) is 4.01. The lowest BCUT2D eigenvalue weighted by Gasteiger charge is -2.14. The van der Waals surface area contributed by atoms with Gasteiger partial charge in [0.2, 0.25) is 0 Å². The van der Waals surface area contributed by atoms with E-state index in [-0.39, 0.29) is 18.1 Å². The van der Waals surface area contributed by atoms with Gasteiger partial charge in [0.15, 0.2) is 0 Å². The molecule has 1 aromatic rings. The summed E-state index contributed by atoms with van der Waals surface area (Å²) in [5.74, 6) is -0.650. The van der Waals surface area contributed by atoms with Crippen LogP contribution in [0.1, 0.15) is 18.9 Å². The van der Waals surface area contributed by atoms with Gasteiger partial charge in [0.1, 0.15) is 5.75 Å². The van der Waals surface area contributed by atoms with E-state index < -0.39 is 5.97 Å². The normalized spacial score (nSPS) is 12.1. The van der Waals surface area contributed by atoms with Crippen LogP contribution in [0.4, 0.5) is 0 Å². The molecule has 0 radical (unpaired) electrons. The molecule has 0 fully saturated rings. The number of aliphatic carboxylic acids is 1. The zero-order chi connectivity index (χ0) is 12.1. The van der Waals surface area contributed by atoms with Gasteiger partial charge in [-0.25, -0.2) is 0 Å². The van der Waals surface area contributed by atoms with Crippen LogP contribution < -0.4 is 0 Å². The maximum Gasteiger partial charge on any atom is 0.303 e. The average Bonchev–Trinajstić information content (AvgIpc) is 2.19. The number of carbonyl (C=O) groups is 1. The van der Waals surface area contributed by atoms with Gasteiger partial charge in [-0.3, -0.25) is 4.79 Å². The van der Waals surface area contributed by atoms with Gasteiger partial charge in [-0.2, -0.15) is 0 Å². The summed E-state index contributed by atoms with van der Waals surface area (Å²) in [5, 5.41) is 17.9. The van der Waals surface area contributed by atoms with Gasteiger partial charge in [-0.1, -0.05) is 24.3 Å². The Kier molecular flexibility index (Phi) is 4.11. The van der Waals surface area contributed by atoms with E-state index in [0.29, 0.717) is 6.42 Å². The van der Waals surface area contributed by atoms with E-state index in [1.54, 1.807) is 24.3 Å². The predicted octanol–water partition coefficient (Wildman–Crippen LogP) is 2.60. The van der Waals surface area contributed by atoms with Gasteiger partial charge in [0.05, 0.1) is 6.42 Å². The van der Waals surface area contributed by atoms with E-state index in [2.05, 4.69) is 6.58 Å².